The molecule has 1 saturated heterocycles. The van der Waals surface area contributed by atoms with E-state index in [1.54, 1.807) is 36.4 Å². The summed E-state index contributed by atoms with van der Waals surface area (Å²) in [4.78, 5) is 28.6. The minimum atomic E-state index is -0.296. The number of amides is 2. The van der Waals surface area contributed by atoms with Gasteiger partial charge in [-0.05, 0) is 68.6 Å². The van der Waals surface area contributed by atoms with E-state index in [1.807, 2.05) is 0 Å². The number of aromatic nitrogens is 1. The molecule has 142 valence electrons. The first-order valence-electron chi connectivity index (χ1n) is 9.14. The lowest BCUT2D eigenvalue weighted by Crippen LogP contribution is -2.28. The summed E-state index contributed by atoms with van der Waals surface area (Å²) in [5.74, 6) is 0.711. The third-order valence-electron chi connectivity index (χ3n) is 4.62. The van der Waals surface area contributed by atoms with Crippen LogP contribution in [0.5, 0.6) is 0 Å². The molecular weight excluding hydrogens is 364 g/mol. The number of rotatable bonds is 6. The predicted octanol–water partition coefficient (Wildman–Crippen LogP) is 3.71. The molecule has 0 spiro atoms. The lowest BCUT2D eigenvalue weighted by atomic mass is 9.93. The molecule has 1 aliphatic rings. The summed E-state index contributed by atoms with van der Waals surface area (Å²) in [6.45, 7) is 2.07. The highest BCUT2D eigenvalue weighted by molar-refractivity contribution is 6.30. The van der Waals surface area contributed by atoms with E-state index >= 15 is 0 Å². The summed E-state index contributed by atoms with van der Waals surface area (Å²) in [7, 11) is 0. The third-order valence-corrected chi connectivity index (χ3v) is 4.84. The number of hydrogen-bond acceptors (Lipinski definition) is 4. The van der Waals surface area contributed by atoms with Gasteiger partial charge in [0.05, 0.1) is 5.02 Å². The van der Waals surface area contributed by atoms with Gasteiger partial charge in [-0.25, -0.2) is 4.98 Å². The molecule has 2 amide bonds. The Balaban J connectivity index is 1.53. The molecule has 2 heterocycles. The normalized spacial score (nSPS) is 14.6. The maximum Gasteiger partial charge on any atom is 0.256 e. The zero-order valence-electron chi connectivity index (χ0n) is 15.0. The molecule has 3 rings (SSSR count). The Hall–Kier alpha value is -2.44. The van der Waals surface area contributed by atoms with Crippen molar-refractivity contribution in [3.63, 3.8) is 0 Å². The van der Waals surface area contributed by atoms with E-state index in [0.29, 0.717) is 34.4 Å². The minimum Gasteiger partial charge on any atom is -0.326 e. The summed E-state index contributed by atoms with van der Waals surface area (Å²) < 4.78 is 0. The molecule has 0 radical (unpaired) electrons. The highest BCUT2D eigenvalue weighted by Gasteiger charge is 2.15. The van der Waals surface area contributed by atoms with Crippen molar-refractivity contribution in [2.45, 2.75) is 25.7 Å². The fourth-order valence-electron chi connectivity index (χ4n) is 3.11. The van der Waals surface area contributed by atoms with Crippen LogP contribution in [0.2, 0.25) is 5.02 Å². The van der Waals surface area contributed by atoms with Gasteiger partial charge in [-0.2, -0.15) is 0 Å². The fourth-order valence-corrected chi connectivity index (χ4v) is 3.22. The molecule has 0 saturated carbocycles. The van der Waals surface area contributed by atoms with Crippen LogP contribution >= 0.6 is 11.6 Å². The topological polar surface area (TPSA) is 83.1 Å². The van der Waals surface area contributed by atoms with Crippen molar-refractivity contribution >= 4 is 34.9 Å². The van der Waals surface area contributed by atoms with Crippen LogP contribution in [0.1, 0.15) is 36.0 Å². The number of pyridine rings is 1. The van der Waals surface area contributed by atoms with Crippen molar-refractivity contribution in [2.24, 2.45) is 5.92 Å². The molecule has 0 bridgehead atoms. The SMILES string of the molecule is O=C(CCC1CCNCC1)Nc1cccc(C(=O)Nc2ccc(Cl)cn2)c1. The van der Waals surface area contributed by atoms with Gasteiger partial charge in [0.2, 0.25) is 5.91 Å². The number of carbonyl (C=O) groups is 2. The van der Waals surface area contributed by atoms with Crippen LogP contribution in [0.15, 0.2) is 42.6 Å². The Morgan fingerprint density at radius 3 is 2.70 bits per heavy atom. The first kappa shape index (κ1) is 19.3. The van der Waals surface area contributed by atoms with Crippen LogP contribution in [-0.4, -0.2) is 29.9 Å². The van der Waals surface area contributed by atoms with Crippen molar-refractivity contribution in [3.8, 4) is 0 Å². The first-order valence-corrected chi connectivity index (χ1v) is 9.51. The number of nitrogens with zero attached hydrogens (tertiary/aromatic N) is 1. The van der Waals surface area contributed by atoms with E-state index in [1.165, 1.54) is 6.20 Å². The summed E-state index contributed by atoms with van der Waals surface area (Å²) >= 11 is 5.79. The molecular formula is C20H23ClN4O2. The van der Waals surface area contributed by atoms with Crippen LogP contribution in [0.25, 0.3) is 0 Å². The second-order valence-corrected chi connectivity index (χ2v) is 7.11. The van der Waals surface area contributed by atoms with Crippen LogP contribution < -0.4 is 16.0 Å². The maximum atomic E-state index is 12.4. The Labute approximate surface area is 163 Å². The molecule has 0 atom stereocenters. The Bertz CT molecular complexity index is 789. The van der Waals surface area contributed by atoms with Crippen LogP contribution in [0.3, 0.4) is 0 Å². The number of anilines is 2. The molecule has 3 N–H and O–H groups in total. The lowest BCUT2D eigenvalue weighted by Gasteiger charge is -2.22. The molecule has 1 fully saturated rings. The average Bonchev–Trinajstić information content (AvgIpc) is 2.69. The molecule has 0 unspecified atom stereocenters. The molecule has 1 aromatic heterocycles. The maximum absolute atomic E-state index is 12.4. The summed E-state index contributed by atoms with van der Waals surface area (Å²) in [6, 6.07) is 10.2. The average molecular weight is 387 g/mol. The zero-order valence-corrected chi connectivity index (χ0v) is 15.8. The Kier molecular flexibility index (Phi) is 6.79. The van der Waals surface area contributed by atoms with Crippen molar-refractivity contribution in [2.75, 3.05) is 23.7 Å². The number of piperidine rings is 1. The van der Waals surface area contributed by atoms with Gasteiger partial charge in [-0.1, -0.05) is 17.7 Å². The highest BCUT2D eigenvalue weighted by Crippen LogP contribution is 2.19. The lowest BCUT2D eigenvalue weighted by molar-refractivity contribution is -0.116. The molecule has 1 aromatic carbocycles. The van der Waals surface area contributed by atoms with Gasteiger partial charge in [0.1, 0.15) is 5.82 Å². The highest BCUT2D eigenvalue weighted by atomic mass is 35.5. The van der Waals surface area contributed by atoms with E-state index in [-0.39, 0.29) is 11.8 Å². The van der Waals surface area contributed by atoms with Gasteiger partial charge in [0.25, 0.3) is 5.91 Å². The second-order valence-electron chi connectivity index (χ2n) is 6.68. The van der Waals surface area contributed by atoms with E-state index in [2.05, 4.69) is 20.9 Å². The number of nitrogens with one attached hydrogen (secondary N) is 3. The molecule has 7 heteroatoms. The van der Waals surface area contributed by atoms with Gasteiger partial charge in [0.15, 0.2) is 0 Å². The van der Waals surface area contributed by atoms with Gasteiger partial charge < -0.3 is 16.0 Å². The smallest absolute Gasteiger partial charge is 0.256 e. The fraction of sp³-hybridized carbons (Fsp3) is 0.350. The Morgan fingerprint density at radius 1 is 1.15 bits per heavy atom. The molecule has 27 heavy (non-hydrogen) atoms. The van der Waals surface area contributed by atoms with Gasteiger partial charge in [0, 0.05) is 23.9 Å². The second kappa shape index (κ2) is 9.48. The molecule has 0 aliphatic carbocycles. The zero-order chi connectivity index (χ0) is 19.1. The quantitative estimate of drug-likeness (QED) is 0.706. The largest absolute Gasteiger partial charge is 0.326 e. The summed E-state index contributed by atoms with van der Waals surface area (Å²) in [6.07, 6.45) is 5.12. The third kappa shape index (κ3) is 6.05. The van der Waals surface area contributed by atoms with E-state index < -0.39 is 0 Å². The number of hydrogen-bond donors (Lipinski definition) is 3. The van der Waals surface area contributed by atoms with Gasteiger partial charge in [-0.3, -0.25) is 9.59 Å². The number of benzene rings is 1. The van der Waals surface area contributed by atoms with E-state index in [0.717, 1.165) is 32.4 Å². The predicted molar refractivity (Wildman–Crippen MR) is 107 cm³/mol. The van der Waals surface area contributed by atoms with E-state index in [4.69, 9.17) is 11.6 Å². The summed E-state index contributed by atoms with van der Waals surface area (Å²) in [5.41, 5.74) is 1.06. The molecule has 2 aromatic rings. The van der Waals surface area contributed by atoms with Crippen molar-refractivity contribution in [3.05, 3.63) is 53.2 Å². The van der Waals surface area contributed by atoms with Crippen LogP contribution in [-0.2, 0) is 4.79 Å². The molecule has 1 aliphatic heterocycles. The Morgan fingerprint density at radius 2 is 1.96 bits per heavy atom. The number of halogens is 1. The first-order chi connectivity index (χ1) is 13.1. The van der Waals surface area contributed by atoms with Crippen LogP contribution in [0, 0.1) is 5.92 Å². The minimum absolute atomic E-state index is 0.0227. The van der Waals surface area contributed by atoms with Crippen molar-refractivity contribution in [1.82, 2.24) is 10.3 Å². The van der Waals surface area contributed by atoms with Crippen molar-refractivity contribution < 1.29 is 9.59 Å². The standard InChI is InChI=1S/C20H23ClN4O2/c21-16-5-6-18(23-13-16)25-20(27)15-2-1-3-17(12-15)24-19(26)7-4-14-8-10-22-11-9-14/h1-3,5-6,12-14,22H,4,7-11H2,(H,24,26)(H,23,25,27). The van der Waals surface area contributed by atoms with Gasteiger partial charge >= 0.3 is 0 Å². The van der Waals surface area contributed by atoms with E-state index in [9.17, 15) is 9.59 Å². The monoisotopic (exact) mass is 386 g/mol. The van der Waals surface area contributed by atoms with Crippen LogP contribution in [0.4, 0.5) is 11.5 Å². The van der Waals surface area contributed by atoms with Crippen molar-refractivity contribution in [1.29, 1.82) is 0 Å². The summed E-state index contributed by atoms with van der Waals surface area (Å²) in [5, 5.41) is 9.42. The number of carbonyl (C=O) groups excluding carboxylic acids is 2. The molecule has 6 nitrogen and oxygen atoms in total. The van der Waals surface area contributed by atoms with Gasteiger partial charge in [-0.15, -0.1) is 0 Å².